The Bertz CT molecular complexity index is 650. The third-order valence-corrected chi connectivity index (χ3v) is 3.87. The summed E-state index contributed by atoms with van der Waals surface area (Å²) in [5.74, 6) is 0.370. The molecule has 0 bridgehead atoms. The van der Waals surface area contributed by atoms with Gasteiger partial charge >= 0.3 is 5.97 Å². The summed E-state index contributed by atoms with van der Waals surface area (Å²) in [5, 5.41) is 11.9. The van der Waals surface area contributed by atoms with Gasteiger partial charge in [-0.3, -0.25) is 0 Å². The van der Waals surface area contributed by atoms with Gasteiger partial charge in [0.1, 0.15) is 11.6 Å². The van der Waals surface area contributed by atoms with Crippen molar-refractivity contribution in [1.82, 2.24) is 9.97 Å². The Hall–Kier alpha value is -2.63. The summed E-state index contributed by atoms with van der Waals surface area (Å²) >= 11 is 0. The second kappa shape index (κ2) is 7.09. The van der Waals surface area contributed by atoms with Crippen LogP contribution >= 0.6 is 0 Å². The van der Waals surface area contributed by atoms with E-state index in [0.717, 1.165) is 24.2 Å². The number of benzene rings is 1. The van der Waals surface area contributed by atoms with Gasteiger partial charge in [-0.2, -0.15) is 0 Å². The van der Waals surface area contributed by atoms with Gasteiger partial charge in [-0.15, -0.1) is 0 Å². The fourth-order valence-corrected chi connectivity index (χ4v) is 2.61. The maximum absolute atomic E-state index is 10.7. The number of nitrogens with one attached hydrogen (secondary N) is 1. The Morgan fingerprint density at radius 2 is 1.91 bits per heavy atom. The molecule has 0 spiro atoms. The fourth-order valence-electron chi connectivity index (χ4n) is 2.61. The van der Waals surface area contributed by atoms with Gasteiger partial charge < -0.3 is 15.2 Å². The molecule has 1 saturated carbocycles. The normalized spacial score (nSPS) is 14.6. The Balaban J connectivity index is 1.52. The number of aromatic carboxylic acids is 1. The molecule has 0 saturated heterocycles. The zero-order valence-electron chi connectivity index (χ0n) is 12.7. The van der Waals surface area contributed by atoms with E-state index in [9.17, 15) is 4.79 Å². The highest BCUT2D eigenvalue weighted by Gasteiger charge is 2.16. The zero-order valence-corrected chi connectivity index (χ0v) is 12.7. The summed E-state index contributed by atoms with van der Waals surface area (Å²) in [6.07, 6.45) is 7.83. The highest BCUT2D eigenvalue weighted by atomic mass is 16.5. The molecular weight excluding hydrogens is 294 g/mol. The van der Waals surface area contributed by atoms with E-state index in [1.807, 2.05) is 24.3 Å². The topological polar surface area (TPSA) is 84.3 Å². The van der Waals surface area contributed by atoms with Crippen LogP contribution in [0.25, 0.3) is 0 Å². The van der Waals surface area contributed by atoms with Gasteiger partial charge in [-0.05, 0) is 43.4 Å². The molecule has 6 heteroatoms. The molecule has 1 aliphatic rings. The van der Waals surface area contributed by atoms with Crippen molar-refractivity contribution < 1.29 is 14.6 Å². The molecule has 2 N–H and O–H groups in total. The number of aromatic nitrogens is 2. The molecule has 0 aliphatic heterocycles. The van der Waals surface area contributed by atoms with Crippen LogP contribution in [0.3, 0.4) is 0 Å². The van der Waals surface area contributed by atoms with Crippen molar-refractivity contribution in [3.05, 3.63) is 47.9 Å². The predicted molar refractivity (Wildman–Crippen MR) is 85.6 cm³/mol. The SMILES string of the molecule is O=C(O)c1cnc(NCc2ccc(OC3CCCC3)cc2)cn1. The molecule has 1 fully saturated rings. The lowest BCUT2D eigenvalue weighted by Gasteiger charge is -2.13. The van der Waals surface area contributed by atoms with Crippen molar-refractivity contribution in [2.24, 2.45) is 0 Å². The highest BCUT2D eigenvalue weighted by molar-refractivity contribution is 5.84. The Kier molecular flexibility index (Phi) is 4.71. The fraction of sp³-hybridized carbons (Fsp3) is 0.353. The van der Waals surface area contributed by atoms with E-state index in [2.05, 4.69) is 15.3 Å². The van der Waals surface area contributed by atoms with Gasteiger partial charge in [0.15, 0.2) is 5.69 Å². The van der Waals surface area contributed by atoms with E-state index in [-0.39, 0.29) is 5.69 Å². The maximum atomic E-state index is 10.7. The number of hydrogen-bond acceptors (Lipinski definition) is 5. The first kappa shape index (κ1) is 15.3. The predicted octanol–water partition coefficient (Wildman–Crippen LogP) is 3.11. The summed E-state index contributed by atoms with van der Waals surface area (Å²) in [4.78, 5) is 18.6. The minimum absolute atomic E-state index is 0.0658. The first-order valence-electron chi connectivity index (χ1n) is 7.75. The molecule has 1 aromatic carbocycles. The first-order valence-corrected chi connectivity index (χ1v) is 7.75. The number of carbonyl (C=O) groups is 1. The Morgan fingerprint density at radius 1 is 1.17 bits per heavy atom. The molecule has 1 aliphatic carbocycles. The molecule has 0 amide bonds. The molecule has 1 heterocycles. The second-order valence-corrected chi connectivity index (χ2v) is 5.61. The molecule has 0 atom stereocenters. The Labute approximate surface area is 134 Å². The molecule has 23 heavy (non-hydrogen) atoms. The molecule has 1 aromatic heterocycles. The van der Waals surface area contributed by atoms with E-state index in [1.54, 1.807) is 0 Å². The standard InChI is InChI=1S/C17H19N3O3/c21-17(22)15-10-20-16(11-18-15)19-9-12-5-7-14(8-6-12)23-13-3-1-2-4-13/h5-8,10-11,13H,1-4,9H2,(H,19,20)(H,21,22). The lowest BCUT2D eigenvalue weighted by atomic mass is 10.2. The van der Waals surface area contributed by atoms with Crippen molar-refractivity contribution in [3.63, 3.8) is 0 Å². The van der Waals surface area contributed by atoms with Gasteiger partial charge in [-0.1, -0.05) is 12.1 Å². The van der Waals surface area contributed by atoms with E-state index in [1.165, 1.54) is 25.2 Å². The van der Waals surface area contributed by atoms with E-state index in [0.29, 0.717) is 18.5 Å². The van der Waals surface area contributed by atoms with Gasteiger partial charge in [0, 0.05) is 6.54 Å². The van der Waals surface area contributed by atoms with Crippen molar-refractivity contribution in [2.75, 3.05) is 5.32 Å². The summed E-state index contributed by atoms with van der Waals surface area (Å²) in [6.45, 7) is 0.588. The summed E-state index contributed by atoms with van der Waals surface area (Å²) < 4.78 is 5.93. The number of carboxylic acid groups (broad SMARTS) is 1. The molecule has 2 aromatic rings. The quantitative estimate of drug-likeness (QED) is 0.852. The van der Waals surface area contributed by atoms with Crippen LogP contribution in [0, 0.1) is 0 Å². The van der Waals surface area contributed by atoms with Gasteiger partial charge in [-0.25, -0.2) is 14.8 Å². The first-order chi connectivity index (χ1) is 11.2. The van der Waals surface area contributed by atoms with E-state index in [4.69, 9.17) is 9.84 Å². The average Bonchev–Trinajstić information content (AvgIpc) is 3.07. The Morgan fingerprint density at radius 3 is 2.52 bits per heavy atom. The van der Waals surface area contributed by atoms with Crippen LogP contribution in [0.4, 0.5) is 5.82 Å². The number of carboxylic acids is 1. The van der Waals surface area contributed by atoms with Gasteiger partial charge in [0.25, 0.3) is 0 Å². The molecule has 3 rings (SSSR count). The van der Waals surface area contributed by atoms with Crippen molar-refractivity contribution in [1.29, 1.82) is 0 Å². The van der Waals surface area contributed by atoms with Crippen LogP contribution in [-0.4, -0.2) is 27.1 Å². The number of nitrogens with zero attached hydrogens (tertiary/aromatic N) is 2. The minimum atomic E-state index is -1.08. The average molecular weight is 313 g/mol. The van der Waals surface area contributed by atoms with Crippen molar-refractivity contribution in [3.8, 4) is 5.75 Å². The second-order valence-electron chi connectivity index (χ2n) is 5.61. The van der Waals surface area contributed by atoms with Gasteiger partial charge in [0.05, 0.1) is 18.5 Å². The maximum Gasteiger partial charge on any atom is 0.356 e. The van der Waals surface area contributed by atoms with Gasteiger partial charge in [0.2, 0.25) is 0 Å². The third kappa shape index (κ3) is 4.18. The molecule has 120 valence electrons. The van der Waals surface area contributed by atoms with Crippen LogP contribution in [0.1, 0.15) is 41.7 Å². The lowest BCUT2D eigenvalue weighted by molar-refractivity contribution is 0.0690. The number of hydrogen-bond donors (Lipinski definition) is 2. The molecule has 6 nitrogen and oxygen atoms in total. The zero-order chi connectivity index (χ0) is 16.1. The largest absolute Gasteiger partial charge is 0.490 e. The van der Waals surface area contributed by atoms with Crippen LogP contribution in [0.5, 0.6) is 5.75 Å². The number of anilines is 1. The minimum Gasteiger partial charge on any atom is -0.490 e. The van der Waals surface area contributed by atoms with Crippen LogP contribution in [-0.2, 0) is 6.54 Å². The van der Waals surface area contributed by atoms with E-state index >= 15 is 0 Å². The van der Waals surface area contributed by atoms with Crippen LogP contribution in [0.2, 0.25) is 0 Å². The van der Waals surface area contributed by atoms with Crippen molar-refractivity contribution >= 4 is 11.8 Å². The summed E-state index contributed by atoms with van der Waals surface area (Å²) in [5.41, 5.74) is 1.02. The number of ether oxygens (including phenoxy) is 1. The summed E-state index contributed by atoms with van der Waals surface area (Å²) in [7, 11) is 0. The highest BCUT2D eigenvalue weighted by Crippen LogP contribution is 2.24. The van der Waals surface area contributed by atoms with Crippen LogP contribution < -0.4 is 10.1 Å². The smallest absolute Gasteiger partial charge is 0.356 e. The lowest BCUT2D eigenvalue weighted by Crippen LogP contribution is -2.10. The molecule has 0 unspecified atom stereocenters. The van der Waals surface area contributed by atoms with Crippen molar-refractivity contribution in [2.45, 2.75) is 38.3 Å². The summed E-state index contributed by atoms with van der Waals surface area (Å²) in [6, 6.07) is 7.98. The van der Waals surface area contributed by atoms with Crippen LogP contribution in [0.15, 0.2) is 36.7 Å². The third-order valence-electron chi connectivity index (χ3n) is 3.87. The monoisotopic (exact) mass is 313 g/mol. The molecule has 0 radical (unpaired) electrons. The molecular formula is C17H19N3O3. The number of rotatable bonds is 6. The van der Waals surface area contributed by atoms with E-state index < -0.39 is 5.97 Å².